The van der Waals surface area contributed by atoms with E-state index in [1.165, 1.54) is 12.1 Å². The Bertz CT molecular complexity index is 798. The molecule has 1 amide bonds. The third kappa shape index (κ3) is 3.98. The van der Waals surface area contributed by atoms with Crippen LogP contribution in [0.4, 0.5) is 0 Å². The summed E-state index contributed by atoms with van der Waals surface area (Å²) < 4.78 is 35.0. The van der Waals surface area contributed by atoms with Gasteiger partial charge >= 0.3 is 11.8 Å². The quantitative estimate of drug-likeness (QED) is 0.824. The van der Waals surface area contributed by atoms with Gasteiger partial charge in [-0.2, -0.15) is 0 Å². The molecular weight excluding hydrogens is 334 g/mol. The van der Waals surface area contributed by atoms with E-state index in [-0.39, 0.29) is 22.8 Å². The highest BCUT2D eigenvalue weighted by atomic mass is 32.2. The fourth-order valence-electron chi connectivity index (χ4n) is 2.36. The van der Waals surface area contributed by atoms with Gasteiger partial charge in [-0.3, -0.25) is 4.79 Å². The monoisotopic (exact) mass is 351 g/mol. The zero-order valence-electron chi connectivity index (χ0n) is 12.8. The van der Waals surface area contributed by atoms with Crippen molar-refractivity contribution in [2.75, 3.05) is 13.2 Å². The van der Waals surface area contributed by atoms with Crippen LogP contribution < -0.4 is 5.32 Å². The summed E-state index contributed by atoms with van der Waals surface area (Å²) in [6.07, 6.45) is 1.86. The van der Waals surface area contributed by atoms with Crippen molar-refractivity contribution in [2.24, 2.45) is 0 Å². The number of carbonyl (C=O) groups is 1. The van der Waals surface area contributed by atoms with Gasteiger partial charge in [0, 0.05) is 13.2 Å². The molecule has 0 saturated carbocycles. The molecule has 1 aromatic carbocycles. The summed E-state index contributed by atoms with van der Waals surface area (Å²) >= 11 is 0. The third-order valence-electron chi connectivity index (χ3n) is 3.59. The first-order chi connectivity index (χ1) is 11.5. The first-order valence-corrected chi connectivity index (χ1v) is 9.20. The van der Waals surface area contributed by atoms with Crippen LogP contribution in [-0.2, 0) is 20.3 Å². The fourth-order valence-corrected chi connectivity index (χ4v) is 3.55. The summed E-state index contributed by atoms with van der Waals surface area (Å²) in [5.74, 6) is -1.38. The molecule has 3 rings (SSSR count). The van der Waals surface area contributed by atoms with Gasteiger partial charge in [0.25, 0.3) is 0 Å². The van der Waals surface area contributed by atoms with Crippen molar-refractivity contribution >= 4 is 15.7 Å². The molecule has 1 fully saturated rings. The topological polar surface area (TPSA) is 111 Å². The molecule has 0 aliphatic carbocycles. The lowest BCUT2D eigenvalue weighted by Crippen LogP contribution is -2.31. The summed E-state index contributed by atoms with van der Waals surface area (Å²) in [4.78, 5) is 12.1. The van der Waals surface area contributed by atoms with Crippen molar-refractivity contribution in [2.45, 2.75) is 29.6 Å². The molecule has 8 nitrogen and oxygen atoms in total. The molecule has 1 N–H and O–H groups in total. The molecule has 2 aromatic rings. The lowest BCUT2D eigenvalue weighted by atomic mass is 10.2. The van der Waals surface area contributed by atoms with E-state index >= 15 is 0 Å². The minimum absolute atomic E-state index is 0.00481. The van der Waals surface area contributed by atoms with E-state index < -0.39 is 21.5 Å². The molecule has 1 aliphatic rings. The summed E-state index contributed by atoms with van der Waals surface area (Å²) in [5.41, 5.74) is 0. The van der Waals surface area contributed by atoms with Crippen molar-refractivity contribution in [1.29, 1.82) is 0 Å². The maximum atomic E-state index is 12.2. The second kappa shape index (κ2) is 7.10. The van der Waals surface area contributed by atoms with E-state index in [0.717, 1.165) is 12.8 Å². The van der Waals surface area contributed by atoms with E-state index in [2.05, 4.69) is 15.5 Å². The van der Waals surface area contributed by atoms with Crippen LogP contribution in [0.1, 0.15) is 29.4 Å². The number of ether oxygens (including phenoxy) is 1. The number of carbonyl (C=O) groups excluding carboxylic acids is 1. The molecule has 1 saturated heterocycles. The van der Waals surface area contributed by atoms with Crippen LogP contribution >= 0.6 is 0 Å². The first kappa shape index (κ1) is 16.6. The Morgan fingerprint density at radius 2 is 2.04 bits per heavy atom. The van der Waals surface area contributed by atoms with Crippen molar-refractivity contribution in [1.82, 2.24) is 15.5 Å². The average Bonchev–Trinajstić information content (AvgIpc) is 3.25. The van der Waals surface area contributed by atoms with Crippen LogP contribution in [0.2, 0.25) is 0 Å². The number of nitrogens with zero attached hydrogens (tertiary/aromatic N) is 2. The van der Waals surface area contributed by atoms with Crippen LogP contribution in [0, 0.1) is 0 Å². The average molecular weight is 351 g/mol. The van der Waals surface area contributed by atoms with Crippen LogP contribution in [0.25, 0.3) is 0 Å². The number of rotatable bonds is 6. The maximum absolute atomic E-state index is 12.2. The predicted octanol–water partition coefficient (Wildman–Crippen LogP) is 0.952. The van der Waals surface area contributed by atoms with Crippen LogP contribution in [0.3, 0.4) is 0 Å². The summed E-state index contributed by atoms with van der Waals surface area (Å²) in [6.45, 7) is 1.06. The third-order valence-corrected chi connectivity index (χ3v) is 5.21. The highest BCUT2D eigenvalue weighted by Crippen LogP contribution is 2.15. The number of aromatic nitrogens is 2. The molecule has 1 atom stereocenters. The van der Waals surface area contributed by atoms with E-state index in [4.69, 9.17) is 9.15 Å². The minimum atomic E-state index is -3.60. The Kier molecular flexibility index (Phi) is 4.91. The molecule has 0 bridgehead atoms. The van der Waals surface area contributed by atoms with E-state index in [1.807, 2.05) is 0 Å². The van der Waals surface area contributed by atoms with Gasteiger partial charge in [0.2, 0.25) is 5.89 Å². The Morgan fingerprint density at radius 1 is 1.25 bits per heavy atom. The Labute approximate surface area is 139 Å². The zero-order chi connectivity index (χ0) is 17.0. The molecule has 1 aliphatic heterocycles. The standard InChI is InChI=1S/C15H17N3O5S/c19-14(16-9-11-5-4-8-22-11)15-18-17-13(23-15)10-24(20,21)12-6-2-1-3-7-12/h1-3,6-7,11H,4-5,8-10H2,(H,16,19). The Hall–Kier alpha value is -2.26. The molecule has 0 radical (unpaired) electrons. The molecule has 9 heteroatoms. The summed E-state index contributed by atoms with van der Waals surface area (Å²) in [6, 6.07) is 7.96. The normalized spacial score (nSPS) is 17.8. The predicted molar refractivity (Wildman–Crippen MR) is 82.9 cm³/mol. The number of amides is 1. The number of hydrogen-bond donors (Lipinski definition) is 1. The van der Waals surface area contributed by atoms with Crippen molar-refractivity contribution in [3.63, 3.8) is 0 Å². The molecule has 24 heavy (non-hydrogen) atoms. The maximum Gasteiger partial charge on any atom is 0.308 e. The number of benzene rings is 1. The number of hydrogen-bond acceptors (Lipinski definition) is 7. The number of nitrogens with one attached hydrogen (secondary N) is 1. The van der Waals surface area contributed by atoms with Crippen molar-refractivity contribution in [3.8, 4) is 0 Å². The Morgan fingerprint density at radius 3 is 2.75 bits per heavy atom. The highest BCUT2D eigenvalue weighted by molar-refractivity contribution is 7.90. The van der Waals surface area contributed by atoms with Gasteiger partial charge in [-0.25, -0.2) is 8.42 Å². The van der Waals surface area contributed by atoms with Gasteiger partial charge < -0.3 is 14.5 Å². The van der Waals surface area contributed by atoms with Gasteiger partial charge in [0.15, 0.2) is 9.84 Å². The molecule has 1 unspecified atom stereocenters. The fraction of sp³-hybridized carbons (Fsp3) is 0.400. The molecular formula is C15H17N3O5S. The minimum Gasteiger partial charge on any atom is -0.416 e. The van der Waals surface area contributed by atoms with Gasteiger partial charge in [0.1, 0.15) is 5.75 Å². The highest BCUT2D eigenvalue weighted by Gasteiger charge is 2.22. The molecule has 1 aromatic heterocycles. The smallest absolute Gasteiger partial charge is 0.308 e. The Balaban J connectivity index is 1.61. The second-order valence-electron chi connectivity index (χ2n) is 5.42. The van der Waals surface area contributed by atoms with E-state index in [9.17, 15) is 13.2 Å². The van der Waals surface area contributed by atoms with Crippen LogP contribution in [0.5, 0.6) is 0 Å². The van der Waals surface area contributed by atoms with Crippen molar-refractivity contribution in [3.05, 3.63) is 42.1 Å². The van der Waals surface area contributed by atoms with Gasteiger partial charge in [-0.15, -0.1) is 10.2 Å². The lowest BCUT2D eigenvalue weighted by molar-refractivity contribution is 0.0828. The van der Waals surface area contributed by atoms with E-state index in [1.54, 1.807) is 18.2 Å². The summed E-state index contributed by atoms with van der Waals surface area (Å²) in [7, 11) is -3.60. The van der Waals surface area contributed by atoms with Gasteiger partial charge in [0.05, 0.1) is 11.0 Å². The van der Waals surface area contributed by atoms with Crippen LogP contribution in [-0.4, -0.2) is 43.8 Å². The SMILES string of the molecule is O=C(NCC1CCCO1)c1nnc(CS(=O)(=O)c2ccccc2)o1. The second-order valence-corrected chi connectivity index (χ2v) is 7.41. The lowest BCUT2D eigenvalue weighted by Gasteiger charge is -2.08. The number of sulfone groups is 1. The molecule has 128 valence electrons. The molecule has 0 spiro atoms. The van der Waals surface area contributed by atoms with Crippen molar-refractivity contribution < 1.29 is 22.4 Å². The van der Waals surface area contributed by atoms with Gasteiger partial charge in [-0.05, 0) is 25.0 Å². The van der Waals surface area contributed by atoms with Crippen LogP contribution in [0.15, 0.2) is 39.6 Å². The van der Waals surface area contributed by atoms with E-state index in [0.29, 0.717) is 13.2 Å². The molecule has 2 heterocycles. The first-order valence-electron chi connectivity index (χ1n) is 7.54. The summed E-state index contributed by atoms with van der Waals surface area (Å²) in [5, 5.41) is 9.88. The zero-order valence-corrected chi connectivity index (χ0v) is 13.7. The van der Waals surface area contributed by atoms with Gasteiger partial charge in [-0.1, -0.05) is 18.2 Å². The largest absolute Gasteiger partial charge is 0.416 e.